The Morgan fingerprint density at radius 2 is 2.06 bits per heavy atom. The Kier molecular flexibility index (Phi) is 4.97. The first-order valence-electron chi connectivity index (χ1n) is 6.69. The summed E-state index contributed by atoms with van der Waals surface area (Å²) < 4.78 is 0. The molecule has 1 aliphatic carbocycles. The molecule has 1 N–H and O–H groups in total. The molecule has 17 heavy (non-hydrogen) atoms. The van der Waals surface area contributed by atoms with Gasteiger partial charge in [0.25, 0.3) is 0 Å². The van der Waals surface area contributed by atoms with Crippen LogP contribution in [0, 0.1) is 23.2 Å². The van der Waals surface area contributed by atoms with Gasteiger partial charge in [0, 0.05) is 11.6 Å². The summed E-state index contributed by atoms with van der Waals surface area (Å²) in [6, 6.07) is 2.74. The molecule has 0 radical (unpaired) electrons. The molecule has 1 saturated carbocycles. The molecule has 0 aromatic carbocycles. The minimum absolute atomic E-state index is 0.119. The van der Waals surface area contributed by atoms with Gasteiger partial charge in [-0.05, 0) is 46.1 Å². The van der Waals surface area contributed by atoms with E-state index in [1.165, 1.54) is 12.8 Å². The number of likely N-dealkylation sites (N-methyl/N-ethyl adjacent to an activating group) is 1. The van der Waals surface area contributed by atoms with Crippen LogP contribution in [0.4, 0.5) is 0 Å². The van der Waals surface area contributed by atoms with E-state index in [1.807, 2.05) is 20.9 Å². The number of rotatable bonds is 4. The van der Waals surface area contributed by atoms with E-state index < -0.39 is 0 Å². The number of nitrogens with zero attached hydrogens (tertiary/aromatic N) is 2. The summed E-state index contributed by atoms with van der Waals surface area (Å²) in [7, 11) is 2.04. The standard InChI is InChI=1S/C14H26N2O/c1-5-11-6-7-12(9-15)13(8-11)16(4)14(2,3)10-17/h11-13,17H,5-8,10H2,1-4H3. The summed E-state index contributed by atoms with van der Waals surface area (Å²) in [5, 5.41) is 18.7. The molecular formula is C14H26N2O. The summed E-state index contributed by atoms with van der Waals surface area (Å²) in [5.74, 6) is 0.857. The van der Waals surface area contributed by atoms with Gasteiger partial charge in [0.2, 0.25) is 0 Å². The molecule has 0 saturated heterocycles. The molecule has 0 aromatic heterocycles. The van der Waals surface area contributed by atoms with E-state index in [-0.39, 0.29) is 18.1 Å². The van der Waals surface area contributed by atoms with E-state index in [0.717, 1.165) is 18.8 Å². The number of nitriles is 1. The quantitative estimate of drug-likeness (QED) is 0.818. The van der Waals surface area contributed by atoms with Crippen LogP contribution in [0.25, 0.3) is 0 Å². The van der Waals surface area contributed by atoms with Crippen LogP contribution in [0.5, 0.6) is 0 Å². The van der Waals surface area contributed by atoms with E-state index in [2.05, 4.69) is 17.9 Å². The Morgan fingerprint density at radius 1 is 1.41 bits per heavy atom. The lowest BCUT2D eigenvalue weighted by Gasteiger charge is -2.45. The second kappa shape index (κ2) is 5.84. The first-order valence-corrected chi connectivity index (χ1v) is 6.69. The summed E-state index contributed by atoms with van der Waals surface area (Å²) in [5.41, 5.74) is -0.241. The van der Waals surface area contributed by atoms with Gasteiger partial charge in [-0.3, -0.25) is 4.90 Å². The predicted octanol–water partition coefficient (Wildman–Crippen LogP) is 2.41. The Hall–Kier alpha value is -0.590. The smallest absolute Gasteiger partial charge is 0.0672 e. The van der Waals surface area contributed by atoms with Gasteiger partial charge in [-0.2, -0.15) is 5.26 Å². The zero-order valence-electron chi connectivity index (χ0n) is 11.6. The van der Waals surface area contributed by atoms with Crippen molar-refractivity contribution in [2.45, 2.75) is 58.0 Å². The molecule has 1 fully saturated rings. The van der Waals surface area contributed by atoms with Crippen LogP contribution in [0.1, 0.15) is 46.5 Å². The molecule has 3 nitrogen and oxygen atoms in total. The largest absolute Gasteiger partial charge is 0.394 e. The van der Waals surface area contributed by atoms with E-state index >= 15 is 0 Å². The van der Waals surface area contributed by atoms with Crippen LogP contribution >= 0.6 is 0 Å². The molecule has 1 aliphatic rings. The molecule has 0 aromatic rings. The van der Waals surface area contributed by atoms with Gasteiger partial charge in [0.1, 0.15) is 0 Å². The van der Waals surface area contributed by atoms with E-state index in [9.17, 15) is 10.4 Å². The lowest BCUT2D eigenvalue weighted by atomic mass is 9.76. The monoisotopic (exact) mass is 238 g/mol. The molecule has 0 bridgehead atoms. The maximum Gasteiger partial charge on any atom is 0.0672 e. The van der Waals surface area contributed by atoms with Crippen LogP contribution in [-0.2, 0) is 0 Å². The van der Waals surface area contributed by atoms with Gasteiger partial charge in [-0.25, -0.2) is 0 Å². The highest BCUT2D eigenvalue weighted by Gasteiger charge is 2.37. The van der Waals surface area contributed by atoms with Crippen molar-refractivity contribution in [1.82, 2.24) is 4.90 Å². The highest BCUT2D eigenvalue weighted by atomic mass is 16.3. The Bertz CT molecular complexity index is 282. The fraction of sp³-hybridized carbons (Fsp3) is 0.929. The number of aliphatic hydroxyl groups is 1. The van der Waals surface area contributed by atoms with Gasteiger partial charge in [0.05, 0.1) is 18.6 Å². The van der Waals surface area contributed by atoms with Gasteiger partial charge < -0.3 is 5.11 Å². The average molecular weight is 238 g/mol. The van der Waals surface area contributed by atoms with Gasteiger partial charge in [-0.1, -0.05) is 13.3 Å². The number of hydrogen-bond donors (Lipinski definition) is 1. The third-order valence-corrected chi connectivity index (χ3v) is 4.51. The van der Waals surface area contributed by atoms with Crippen LogP contribution in [0.3, 0.4) is 0 Å². The highest BCUT2D eigenvalue weighted by Crippen LogP contribution is 2.35. The van der Waals surface area contributed by atoms with Crippen molar-refractivity contribution in [3.05, 3.63) is 0 Å². The first kappa shape index (κ1) is 14.5. The number of hydrogen-bond acceptors (Lipinski definition) is 3. The normalized spacial score (nSPS) is 30.3. The summed E-state index contributed by atoms with van der Waals surface area (Å²) in [6.45, 7) is 6.44. The lowest BCUT2D eigenvalue weighted by molar-refractivity contribution is 0.00814. The fourth-order valence-electron chi connectivity index (χ4n) is 2.74. The molecule has 0 aliphatic heterocycles. The zero-order valence-corrected chi connectivity index (χ0v) is 11.6. The third-order valence-electron chi connectivity index (χ3n) is 4.51. The molecule has 0 amide bonds. The van der Waals surface area contributed by atoms with Crippen molar-refractivity contribution >= 4 is 0 Å². The van der Waals surface area contributed by atoms with Crippen LogP contribution < -0.4 is 0 Å². The molecule has 98 valence electrons. The maximum atomic E-state index is 9.45. The van der Waals surface area contributed by atoms with E-state index in [1.54, 1.807) is 0 Å². The molecule has 0 heterocycles. The van der Waals surface area contributed by atoms with Crippen LogP contribution in [0.15, 0.2) is 0 Å². The second-order valence-corrected chi connectivity index (χ2v) is 5.97. The SMILES string of the molecule is CCC1CCC(C#N)C(N(C)C(C)(C)CO)C1. The Balaban J connectivity index is 2.80. The first-order chi connectivity index (χ1) is 7.96. The minimum atomic E-state index is -0.241. The van der Waals surface area contributed by atoms with Gasteiger partial charge in [-0.15, -0.1) is 0 Å². The van der Waals surface area contributed by atoms with Crippen LogP contribution in [-0.4, -0.2) is 35.2 Å². The summed E-state index contributed by atoms with van der Waals surface area (Å²) in [6.07, 6.45) is 4.47. The Labute approximate surface area is 105 Å². The van der Waals surface area contributed by atoms with Crippen molar-refractivity contribution in [2.75, 3.05) is 13.7 Å². The maximum absolute atomic E-state index is 9.45. The molecule has 0 spiro atoms. The molecule has 1 rings (SSSR count). The van der Waals surface area contributed by atoms with E-state index in [4.69, 9.17) is 0 Å². The third kappa shape index (κ3) is 3.20. The molecule has 3 unspecified atom stereocenters. The highest BCUT2D eigenvalue weighted by molar-refractivity contribution is 4.99. The zero-order chi connectivity index (χ0) is 13.1. The van der Waals surface area contributed by atoms with Crippen molar-refractivity contribution < 1.29 is 5.11 Å². The van der Waals surface area contributed by atoms with Crippen molar-refractivity contribution in [3.8, 4) is 6.07 Å². The van der Waals surface area contributed by atoms with Crippen LogP contribution in [0.2, 0.25) is 0 Å². The van der Waals surface area contributed by atoms with Crippen molar-refractivity contribution in [2.24, 2.45) is 11.8 Å². The molecular weight excluding hydrogens is 212 g/mol. The topological polar surface area (TPSA) is 47.3 Å². The Morgan fingerprint density at radius 3 is 2.53 bits per heavy atom. The second-order valence-electron chi connectivity index (χ2n) is 5.97. The summed E-state index contributed by atoms with van der Waals surface area (Å²) in [4.78, 5) is 2.21. The average Bonchev–Trinajstić information content (AvgIpc) is 2.36. The predicted molar refractivity (Wildman–Crippen MR) is 69.5 cm³/mol. The number of aliphatic hydroxyl groups excluding tert-OH is 1. The molecule has 3 atom stereocenters. The fourth-order valence-corrected chi connectivity index (χ4v) is 2.74. The van der Waals surface area contributed by atoms with Crippen molar-refractivity contribution in [3.63, 3.8) is 0 Å². The summed E-state index contributed by atoms with van der Waals surface area (Å²) >= 11 is 0. The molecule has 3 heteroatoms. The van der Waals surface area contributed by atoms with Crippen molar-refractivity contribution in [1.29, 1.82) is 5.26 Å². The van der Waals surface area contributed by atoms with Gasteiger partial charge >= 0.3 is 0 Å². The van der Waals surface area contributed by atoms with Gasteiger partial charge in [0.15, 0.2) is 0 Å². The van der Waals surface area contributed by atoms with E-state index in [0.29, 0.717) is 6.04 Å². The minimum Gasteiger partial charge on any atom is -0.394 e. The lowest BCUT2D eigenvalue weighted by Crippen LogP contribution is -2.53.